The Labute approximate surface area is 155 Å². The van der Waals surface area contributed by atoms with Crippen molar-refractivity contribution in [2.45, 2.75) is 37.2 Å². The number of hydrogen-bond acceptors (Lipinski definition) is 5. The van der Waals surface area contributed by atoms with Crippen LogP contribution in [0.25, 0.3) is 10.9 Å². The van der Waals surface area contributed by atoms with Crippen molar-refractivity contribution in [2.24, 2.45) is 0 Å². The van der Waals surface area contributed by atoms with E-state index in [0.29, 0.717) is 30.3 Å². The number of carbonyl (C=O) groups is 1. The summed E-state index contributed by atoms with van der Waals surface area (Å²) in [4.78, 5) is 28.2. The highest BCUT2D eigenvalue weighted by atomic mass is 32.2. The van der Waals surface area contributed by atoms with Crippen LogP contribution < -0.4 is 5.69 Å². The lowest BCUT2D eigenvalue weighted by atomic mass is 10.1. The van der Waals surface area contributed by atoms with Crippen molar-refractivity contribution in [1.82, 2.24) is 19.7 Å². The van der Waals surface area contributed by atoms with Gasteiger partial charge >= 0.3 is 5.69 Å². The number of ketones is 1. The van der Waals surface area contributed by atoms with E-state index in [-0.39, 0.29) is 16.7 Å². The Balaban J connectivity index is 1.82. The van der Waals surface area contributed by atoms with E-state index in [1.54, 1.807) is 11.7 Å². The average molecular weight is 374 g/mol. The number of methoxy groups -OCH3 is 1. The number of carbonyl (C=O) groups excluding carboxylic acids is 1. The molecule has 1 aromatic carbocycles. The van der Waals surface area contributed by atoms with Crippen molar-refractivity contribution in [3.8, 4) is 0 Å². The second kappa shape index (κ2) is 7.92. The van der Waals surface area contributed by atoms with E-state index in [9.17, 15) is 9.59 Å². The summed E-state index contributed by atoms with van der Waals surface area (Å²) >= 11 is 1.29. The first-order valence-corrected chi connectivity index (χ1v) is 9.33. The first-order valence-electron chi connectivity index (χ1n) is 8.45. The minimum atomic E-state index is -0.371. The van der Waals surface area contributed by atoms with Gasteiger partial charge in [-0.3, -0.25) is 9.36 Å². The summed E-state index contributed by atoms with van der Waals surface area (Å²) in [5, 5.41) is 7.60. The van der Waals surface area contributed by atoms with Crippen molar-refractivity contribution in [2.75, 3.05) is 13.7 Å². The Morgan fingerprint density at radius 3 is 2.92 bits per heavy atom. The van der Waals surface area contributed by atoms with E-state index in [1.165, 1.54) is 11.8 Å². The van der Waals surface area contributed by atoms with Gasteiger partial charge in [0, 0.05) is 42.4 Å². The van der Waals surface area contributed by atoms with Crippen LogP contribution in [0.1, 0.15) is 29.4 Å². The number of aromatic nitrogens is 4. The molecule has 2 N–H and O–H groups in total. The van der Waals surface area contributed by atoms with Crippen LogP contribution in [0.15, 0.2) is 34.2 Å². The molecule has 0 aliphatic carbocycles. The van der Waals surface area contributed by atoms with Crippen molar-refractivity contribution in [1.29, 1.82) is 0 Å². The molecule has 0 amide bonds. The molecular weight excluding hydrogens is 352 g/mol. The summed E-state index contributed by atoms with van der Waals surface area (Å²) in [5.41, 5.74) is 2.22. The molecule has 1 atom stereocenters. The van der Waals surface area contributed by atoms with Crippen molar-refractivity contribution < 1.29 is 9.53 Å². The summed E-state index contributed by atoms with van der Waals surface area (Å²) in [5.74, 6) is 0.0174. The van der Waals surface area contributed by atoms with Crippen LogP contribution in [-0.2, 0) is 11.3 Å². The maximum atomic E-state index is 13.0. The Morgan fingerprint density at radius 2 is 2.15 bits per heavy atom. The minimum Gasteiger partial charge on any atom is -0.385 e. The largest absolute Gasteiger partial charge is 0.385 e. The van der Waals surface area contributed by atoms with Crippen molar-refractivity contribution in [3.05, 3.63) is 46.0 Å². The van der Waals surface area contributed by atoms with Gasteiger partial charge in [-0.15, -0.1) is 5.10 Å². The maximum Gasteiger partial charge on any atom is 0.343 e. The van der Waals surface area contributed by atoms with E-state index in [1.807, 2.05) is 38.1 Å². The molecule has 2 heterocycles. The fourth-order valence-corrected chi connectivity index (χ4v) is 3.91. The first-order chi connectivity index (χ1) is 12.5. The fraction of sp³-hybridized carbons (Fsp3) is 0.389. The number of fused-ring (bicyclic) bond motifs is 1. The van der Waals surface area contributed by atoms with Gasteiger partial charge in [0.1, 0.15) is 0 Å². The molecule has 0 spiro atoms. The predicted molar refractivity (Wildman–Crippen MR) is 102 cm³/mol. The van der Waals surface area contributed by atoms with E-state index >= 15 is 0 Å². The second-order valence-electron chi connectivity index (χ2n) is 6.10. The molecule has 0 bridgehead atoms. The number of nitrogens with one attached hydrogen (secondary N) is 2. The molecule has 26 heavy (non-hydrogen) atoms. The summed E-state index contributed by atoms with van der Waals surface area (Å²) in [6.07, 6.45) is 0.702. The Bertz CT molecular complexity index is 972. The second-order valence-corrected chi connectivity index (χ2v) is 7.41. The molecule has 8 heteroatoms. The normalized spacial score (nSPS) is 12.6. The lowest BCUT2D eigenvalue weighted by molar-refractivity contribution is 0.0995. The van der Waals surface area contributed by atoms with Gasteiger partial charge in [-0.2, -0.15) is 0 Å². The third kappa shape index (κ3) is 3.61. The summed E-state index contributed by atoms with van der Waals surface area (Å²) in [6.45, 7) is 4.80. The Hall–Kier alpha value is -2.32. The summed E-state index contributed by atoms with van der Waals surface area (Å²) in [7, 11) is 1.62. The highest BCUT2D eigenvalue weighted by Gasteiger charge is 2.24. The first kappa shape index (κ1) is 18.5. The number of hydrogen-bond donors (Lipinski definition) is 2. The third-order valence-electron chi connectivity index (χ3n) is 4.24. The third-order valence-corrected chi connectivity index (χ3v) is 5.33. The number of nitrogens with zero attached hydrogens (tertiary/aromatic N) is 2. The Kier molecular flexibility index (Phi) is 5.63. The van der Waals surface area contributed by atoms with E-state index in [2.05, 4.69) is 15.2 Å². The van der Waals surface area contributed by atoms with Crippen LogP contribution in [0.2, 0.25) is 0 Å². The van der Waals surface area contributed by atoms with Gasteiger partial charge in [-0.25, -0.2) is 9.89 Å². The SMILES string of the molecule is COCCCn1c(SC(C)C(=O)c2c(C)[nH]c3ccccc23)n[nH]c1=O. The molecule has 0 saturated carbocycles. The number of Topliss-reactive ketones (excluding diaryl/α,β-unsaturated/α-hetero) is 1. The molecule has 1 unspecified atom stereocenters. The molecule has 0 fully saturated rings. The Morgan fingerprint density at radius 1 is 1.38 bits per heavy atom. The smallest absolute Gasteiger partial charge is 0.343 e. The monoisotopic (exact) mass is 374 g/mol. The van der Waals surface area contributed by atoms with Crippen molar-refractivity contribution >= 4 is 28.4 Å². The van der Waals surface area contributed by atoms with Gasteiger partial charge in [-0.1, -0.05) is 30.0 Å². The minimum absolute atomic E-state index is 0.0174. The van der Waals surface area contributed by atoms with E-state index < -0.39 is 0 Å². The molecule has 0 saturated heterocycles. The van der Waals surface area contributed by atoms with Crippen LogP contribution >= 0.6 is 11.8 Å². The number of rotatable bonds is 8. The molecule has 7 nitrogen and oxygen atoms in total. The number of H-pyrrole nitrogens is 2. The number of para-hydroxylation sites is 1. The van der Waals surface area contributed by atoms with Gasteiger partial charge in [-0.05, 0) is 26.3 Å². The summed E-state index contributed by atoms with van der Waals surface area (Å²) < 4.78 is 6.58. The molecule has 0 aliphatic rings. The molecule has 0 radical (unpaired) electrons. The average Bonchev–Trinajstić information content (AvgIpc) is 3.14. The number of aryl methyl sites for hydroxylation is 1. The van der Waals surface area contributed by atoms with Crippen LogP contribution in [-0.4, -0.2) is 44.5 Å². The zero-order valence-corrected chi connectivity index (χ0v) is 15.9. The zero-order valence-electron chi connectivity index (χ0n) is 15.0. The zero-order chi connectivity index (χ0) is 18.7. The van der Waals surface area contributed by atoms with Gasteiger partial charge in [0.2, 0.25) is 0 Å². The number of ether oxygens (including phenoxy) is 1. The lowest BCUT2D eigenvalue weighted by Crippen LogP contribution is -2.20. The van der Waals surface area contributed by atoms with Crippen LogP contribution in [0.3, 0.4) is 0 Å². The van der Waals surface area contributed by atoms with Crippen molar-refractivity contribution in [3.63, 3.8) is 0 Å². The van der Waals surface area contributed by atoms with Crippen LogP contribution in [0.4, 0.5) is 0 Å². The maximum absolute atomic E-state index is 13.0. The van der Waals surface area contributed by atoms with Crippen LogP contribution in [0.5, 0.6) is 0 Å². The van der Waals surface area contributed by atoms with Gasteiger partial charge < -0.3 is 9.72 Å². The van der Waals surface area contributed by atoms with Crippen LogP contribution in [0, 0.1) is 6.92 Å². The standard InChI is InChI=1S/C18H22N4O3S/c1-11-15(13-7-4-5-8-14(13)19-11)16(23)12(2)26-18-21-20-17(24)22(18)9-6-10-25-3/h4-5,7-8,12,19H,6,9-10H2,1-3H3,(H,20,24). The number of benzene rings is 1. The summed E-state index contributed by atoms with van der Waals surface area (Å²) in [6, 6.07) is 7.76. The van der Waals surface area contributed by atoms with Gasteiger partial charge in [0.15, 0.2) is 10.9 Å². The number of thioether (sulfide) groups is 1. The molecule has 3 rings (SSSR count). The highest BCUT2D eigenvalue weighted by molar-refractivity contribution is 8.00. The topological polar surface area (TPSA) is 92.8 Å². The molecule has 2 aromatic heterocycles. The molecular formula is C18H22N4O3S. The van der Waals surface area contributed by atoms with Gasteiger partial charge in [0.25, 0.3) is 0 Å². The number of aromatic amines is 2. The molecule has 138 valence electrons. The van der Waals surface area contributed by atoms with E-state index in [0.717, 1.165) is 16.6 Å². The fourth-order valence-electron chi connectivity index (χ4n) is 2.97. The molecule has 3 aromatic rings. The van der Waals surface area contributed by atoms with Gasteiger partial charge in [0.05, 0.1) is 5.25 Å². The molecule has 0 aliphatic heterocycles. The highest BCUT2D eigenvalue weighted by Crippen LogP contribution is 2.28. The predicted octanol–water partition coefficient (Wildman–Crippen LogP) is 2.76. The lowest BCUT2D eigenvalue weighted by Gasteiger charge is -2.11. The van der Waals surface area contributed by atoms with E-state index in [4.69, 9.17) is 4.74 Å². The quantitative estimate of drug-likeness (QED) is 0.359.